The van der Waals surface area contributed by atoms with Gasteiger partial charge in [-0.25, -0.2) is 0 Å². The van der Waals surface area contributed by atoms with Gasteiger partial charge in [-0.1, -0.05) is 6.07 Å². The van der Waals surface area contributed by atoms with E-state index in [4.69, 9.17) is 5.26 Å². The van der Waals surface area contributed by atoms with E-state index in [2.05, 4.69) is 18.0 Å². The zero-order chi connectivity index (χ0) is 11.4. The Kier molecular flexibility index (Phi) is 3.13. The molecule has 0 bridgehead atoms. The summed E-state index contributed by atoms with van der Waals surface area (Å²) in [5, 5.41) is 9.09. The molecule has 3 heteroatoms. The lowest BCUT2D eigenvalue weighted by Crippen LogP contribution is -1.84. The number of hydrogen-bond acceptors (Lipinski definition) is 3. The highest BCUT2D eigenvalue weighted by Crippen LogP contribution is 2.21. The van der Waals surface area contributed by atoms with Gasteiger partial charge in [0.1, 0.15) is 6.07 Å². The number of rotatable bonds is 2. The Bertz CT molecular complexity index is 547. The first-order valence-corrected chi connectivity index (χ1v) is 5.71. The van der Waals surface area contributed by atoms with Gasteiger partial charge in [0, 0.05) is 16.0 Å². The van der Waals surface area contributed by atoms with E-state index in [0.29, 0.717) is 5.57 Å². The van der Waals surface area contributed by atoms with E-state index in [9.17, 15) is 0 Å². The molecule has 2 heterocycles. The summed E-state index contributed by atoms with van der Waals surface area (Å²) in [6.45, 7) is 2.05. The summed E-state index contributed by atoms with van der Waals surface area (Å²) in [6.07, 6.45) is 3.57. The Morgan fingerprint density at radius 2 is 2.25 bits per heavy atom. The molecule has 2 aromatic rings. The number of aryl methyl sites for hydroxylation is 1. The summed E-state index contributed by atoms with van der Waals surface area (Å²) < 4.78 is 0. The maximum Gasteiger partial charge on any atom is 0.101 e. The second-order valence-electron chi connectivity index (χ2n) is 3.33. The third-order valence-electron chi connectivity index (χ3n) is 2.11. The first-order chi connectivity index (χ1) is 7.79. The van der Waals surface area contributed by atoms with Crippen molar-refractivity contribution in [2.75, 3.05) is 0 Å². The van der Waals surface area contributed by atoms with Crippen LogP contribution in [0.2, 0.25) is 0 Å². The second kappa shape index (κ2) is 4.73. The van der Waals surface area contributed by atoms with Crippen molar-refractivity contribution in [2.45, 2.75) is 6.92 Å². The van der Waals surface area contributed by atoms with Crippen LogP contribution in [0.25, 0.3) is 11.6 Å². The van der Waals surface area contributed by atoms with Crippen LogP contribution >= 0.6 is 11.3 Å². The molecular weight excluding hydrogens is 216 g/mol. The third-order valence-corrected chi connectivity index (χ3v) is 3.06. The molecule has 0 amide bonds. The predicted octanol–water partition coefficient (Wildman–Crippen LogP) is 3.52. The number of nitrogens with zero attached hydrogens (tertiary/aromatic N) is 2. The van der Waals surface area contributed by atoms with Gasteiger partial charge in [-0.05, 0) is 37.3 Å². The van der Waals surface area contributed by atoms with Crippen LogP contribution in [-0.2, 0) is 0 Å². The Balaban J connectivity index is 2.38. The highest BCUT2D eigenvalue weighted by molar-refractivity contribution is 7.12. The van der Waals surface area contributed by atoms with Crippen LogP contribution in [0.5, 0.6) is 0 Å². The number of aromatic nitrogens is 1. The summed E-state index contributed by atoms with van der Waals surface area (Å²) in [7, 11) is 0. The molecule has 78 valence electrons. The zero-order valence-corrected chi connectivity index (χ0v) is 9.66. The van der Waals surface area contributed by atoms with Crippen molar-refractivity contribution in [1.29, 1.82) is 5.26 Å². The highest BCUT2D eigenvalue weighted by Gasteiger charge is 2.02. The molecule has 2 nitrogen and oxygen atoms in total. The number of hydrogen-bond donors (Lipinski definition) is 0. The molecule has 0 N–H and O–H groups in total. The van der Waals surface area contributed by atoms with Gasteiger partial charge in [-0.2, -0.15) is 5.26 Å². The lowest BCUT2D eigenvalue weighted by molar-refractivity contribution is 1.28. The van der Waals surface area contributed by atoms with Gasteiger partial charge in [0.2, 0.25) is 0 Å². The van der Waals surface area contributed by atoms with Crippen LogP contribution < -0.4 is 0 Å². The van der Waals surface area contributed by atoms with E-state index in [1.165, 1.54) is 4.88 Å². The number of nitriles is 1. The van der Waals surface area contributed by atoms with Gasteiger partial charge in [0.15, 0.2) is 0 Å². The minimum Gasteiger partial charge on any atom is -0.256 e. The van der Waals surface area contributed by atoms with Gasteiger partial charge in [0.05, 0.1) is 11.3 Å². The van der Waals surface area contributed by atoms with Crippen LogP contribution in [0.1, 0.15) is 15.4 Å². The van der Waals surface area contributed by atoms with E-state index in [0.717, 1.165) is 10.6 Å². The monoisotopic (exact) mass is 226 g/mol. The minimum atomic E-state index is 0.599. The average molecular weight is 226 g/mol. The quantitative estimate of drug-likeness (QED) is 0.735. The van der Waals surface area contributed by atoms with Crippen LogP contribution in [0.4, 0.5) is 0 Å². The third kappa shape index (κ3) is 2.36. The summed E-state index contributed by atoms with van der Waals surface area (Å²) in [4.78, 5) is 6.49. The van der Waals surface area contributed by atoms with Crippen LogP contribution in [0.3, 0.4) is 0 Å². The van der Waals surface area contributed by atoms with Gasteiger partial charge in [-0.15, -0.1) is 11.3 Å². The lowest BCUT2D eigenvalue weighted by Gasteiger charge is -1.95. The molecule has 0 fully saturated rings. The van der Waals surface area contributed by atoms with Gasteiger partial charge >= 0.3 is 0 Å². The Hall–Kier alpha value is -1.92. The van der Waals surface area contributed by atoms with Gasteiger partial charge in [-0.3, -0.25) is 4.98 Å². The topological polar surface area (TPSA) is 36.7 Å². The second-order valence-corrected chi connectivity index (χ2v) is 4.65. The van der Waals surface area contributed by atoms with E-state index < -0.39 is 0 Å². The van der Waals surface area contributed by atoms with Crippen LogP contribution in [0, 0.1) is 18.3 Å². The molecule has 0 saturated carbocycles. The molecule has 0 aliphatic rings. The molecular formula is C13H10N2S. The van der Waals surface area contributed by atoms with Crippen molar-refractivity contribution in [1.82, 2.24) is 4.98 Å². The number of thiophene rings is 1. The largest absolute Gasteiger partial charge is 0.256 e. The zero-order valence-electron chi connectivity index (χ0n) is 8.84. The van der Waals surface area contributed by atoms with E-state index in [1.54, 1.807) is 17.5 Å². The average Bonchev–Trinajstić information content (AvgIpc) is 2.73. The molecule has 0 spiro atoms. The maximum atomic E-state index is 9.09. The summed E-state index contributed by atoms with van der Waals surface area (Å²) in [5.74, 6) is 0. The van der Waals surface area contributed by atoms with Crippen molar-refractivity contribution >= 4 is 23.0 Å². The number of pyridine rings is 1. The molecule has 0 unspecified atom stereocenters. The van der Waals surface area contributed by atoms with Crippen molar-refractivity contribution < 1.29 is 0 Å². The Morgan fingerprint density at radius 3 is 2.81 bits per heavy atom. The highest BCUT2D eigenvalue weighted by atomic mass is 32.1. The van der Waals surface area contributed by atoms with Crippen LogP contribution in [-0.4, -0.2) is 4.98 Å². The molecule has 0 atom stereocenters. The molecule has 0 radical (unpaired) electrons. The standard InChI is InChI=1S/C13H10N2S/c1-10-5-6-12(16-10)8-11(9-14)13-4-2-3-7-15-13/h2-8H,1H3/b11-8+. The SMILES string of the molecule is Cc1ccc(/C=C(\C#N)c2ccccn2)s1. The van der Waals surface area contributed by atoms with E-state index >= 15 is 0 Å². The van der Waals surface area contributed by atoms with Crippen molar-refractivity contribution in [3.05, 3.63) is 52.0 Å². The normalized spacial score (nSPS) is 11.1. The molecule has 0 aliphatic heterocycles. The lowest BCUT2D eigenvalue weighted by atomic mass is 10.1. The summed E-state index contributed by atoms with van der Waals surface area (Å²) >= 11 is 1.67. The first kappa shape index (κ1) is 10.6. The minimum absolute atomic E-state index is 0.599. The fourth-order valence-electron chi connectivity index (χ4n) is 1.36. The van der Waals surface area contributed by atoms with Crippen molar-refractivity contribution in [2.24, 2.45) is 0 Å². The fourth-order valence-corrected chi connectivity index (χ4v) is 2.18. The Morgan fingerprint density at radius 1 is 1.38 bits per heavy atom. The Labute approximate surface area is 98.5 Å². The van der Waals surface area contributed by atoms with Crippen LogP contribution in [0.15, 0.2) is 36.5 Å². The molecule has 2 rings (SSSR count). The fraction of sp³-hybridized carbons (Fsp3) is 0.0769. The molecule has 2 aromatic heterocycles. The molecule has 16 heavy (non-hydrogen) atoms. The first-order valence-electron chi connectivity index (χ1n) is 4.89. The van der Waals surface area contributed by atoms with Crippen molar-refractivity contribution in [3.63, 3.8) is 0 Å². The number of allylic oxidation sites excluding steroid dienone is 1. The summed E-state index contributed by atoms with van der Waals surface area (Å²) in [5.41, 5.74) is 1.32. The smallest absolute Gasteiger partial charge is 0.101 e. The predicted molar refractivity (Wildman–Crippen MR) is 66.8 cm³/mol. The van der Waals surface area contributed by atoms with Crippen molar-refractivity contribution in [3.8, 4) is 6.07 Å². The molecule has 0 aromatic carbocycles. The van der Waals surface area contributed by atoms with Gasteiger partial charge < -0.3 is 0 Å². The van der Waals surface area contributed by atoms with Gasteiger partial charge in [0.25, 0.3) is 0 Å². The van der Waals surface area contributed by atoms with E-state index in [-0.39, 0.29) is 0 Å². The summed E-state index contributed by atoms with van der Waals surface area (Å²) in [6, 6.07) is 11.8. The molecule has 0 aliphatic carbocycles. The molecule has 0 saturated heterocycles. The van der Waals surface area contributed by atoms with E-state index in [1.807, 2.05) is 36.4 Å². The maximum absolute atomic E-state index is 9.09.